The predicted molar refractivity (Wildman–Crippen MR) is 49.8 cm³/mol. The van der Waals surface area contributed by atoms with Crippen LogP contribution in [0.2, 0.25) is 0 Å². The molecule has 1 aromatic heterocycles. The Hall–Kier alpha value is -1.35. The molecular formula is C9H6O2S. The van der Waals surface area contributed by atoms with E-state index in [2.05, 4.69) is 0 Å². The summed E-state index contributed by atoms with van der Waals surface area (Å²) in [6, 6.07) is 6.33. The molecule has 0 aliphatic carbocycles. The molecule has 2 nitrogen and oxygen atoms in total. The lowest BCUT2D eigenvalue weighted by Crippen LogP contribution is -1.95. The van der Waals surface area contributed by atoms with E-state index in [1.807, 2.05) is 0 Å². The van der Waals surface area contributed by atoms with Crippen LogP contribution < -0.4 is 5.43 Å². The van der Waals surface area contributed by atoms with Gasteiger partial charge in [-0.3, -0.25) is 4.79 Å². The van der Waals surface area contributed by atoms with Gasteiger partial charge in [-0.2, -0.15) is 0 Å². The molecule has 60 valence electrons. The number of benzene rings is 1. The molecule has 12 heavy (non-hydrogen) atoms. The fraction of sp³-hybridized carbons (Fsp3) is 0. The topological polar surface area (TPSA) is 37.3 Å². The van der Waals surface area contributed by atoms with E-state index < -0.39 is 0 Å². The van der Waals surface area contributed by atoms with Crippen molar-refractivity contribution in [3.05, 3.63) is 39.9 Å². The smallest absolute Gasteiger partial charge is 0.188 e. The number of phenols is 1. The summed E-state index contributed by atoms with van der Waals surface area (Å²) in [6.45, 7) is 0. The molecule has 0 aliphatic heterocycles. The highest BCUT2D eigenvalue weighted by atomic mass is 32.1. The van der Waals surface area contributed by atoms with Crippen LogP contribution in [0.25, 0.3) is 10.1 Å². The molecule has 0 spiro atoms. The van der Waals surface area contributed by atoms with Crippen LogP contribution in [0.1, 0.15) is 0 Å². The first-order valence-corrected chi connectivity index (χ1v) is 4.36. The third-order valence-electron chi connectivity index (χ3n) is 1.64. The molecule has 1 heterocycles. The Morgan fingerprint density at radius 2 is 2.08 bits per heavy atom. The molecule has 2 aromatic rings. The van der Waals surface area contributed by atoms with Crippen LogP contribution in [0.3, 0.4) is 0 Å². The van der Waals surface area contributed by atoms with Crippen molar-refractivity contribution >= 4 is 21.4 Å². The van der Waals surface area contributed by atoms with E-state index in [9.17, 15) is 4.79 Å². The molecule has 0 unspecified atom stereocenters. The first-order valence-electron chi connectivity index (χ1n) is 3.48. The number of fused-ring (bicyclic) bond motifs is 1. The first-order chi connectivity index (χ1) is 5.77. The van der Waals surface area contributed by atoms with E-state index in [4.69, 9.17) is 5.11 Å². The van der Waals surface area contributed by atoms with Gasteiger partial charge in [0.2, 0.25) is 0 Å². The summed E-state index contributed by atoms with van der Waals surface area (Å²) in [5.74, 6) is 0.137. The lowest BCUT2D eigenvalue weighted by molar-refractivity contribution is 0.476. The second kappa shape index (κ2) is 2.60. The van der Waals surface area contributed by atoms with E-state index in [1.54, 1.807) is 17.5 Å². The van der Waals surface area contributed by atoms with Crippen molar-refractivity contribution in [1.82, 2.24) is 0 Å². The summed E-state index contributed by atoms with van der Waals surface area (Å²) in [4.78, 5) is 11.2. The van der Waals surface area contributed by atoms with Crippen LogP contribution in [-0.4, -0.2) is 5.11 Å². The largest absolute Gasteiger partial charge is 0.508 e. The van der Waals surface area contributed by atoms with Gasteiger partial charge in [0.1, 0.15) is 5.75 Å². The van der Waals surface area contributed by atoms with Gasteiger partial charge in [0.05, 0.1) is 0 Å². The van der Waals surface area contributed by atoms with E-state index in [0.717, 1.165) is 4.70 Å². The van der Waals surface area contributed by atoms with Crippen molar-refractivity contribution < 1.29 is 5.11 Å². The summed E-state index contributed by atoms with van der Waals surface area (Å²) >= 11 is 1.49. The molecule has 2 rings (SSSR count). The molecule has 0 atom stereocenters. The molecule has 0 fully saturated rings. The zero-order valence-electron chi connectivity index (χ0n) is 6.15. The van der Waals surface area contributed by atoms with Crippen LogP contribution in [0.4, 0.5) is 0 Å². The number of aromatic hydroxyl groups is 1. The standard InChI is InChI=1S/C9H6O2S/c10-6-1-2-9-7(5-6)8(11)3-4-12-9/h1-5,10H. The zero-order valence-corrected chi connectivity index (χ0v) is 6.97. The average molecular weight is 178 g/mol. The third kappa shape index (κ3) is 1.08. The molecule has 0 amide bonds. The van der Waals surface area contributed by atoms with E-state index in [0.29, 0.717) is 5.39 Å². The van der Waals surface area contributed by atoms with Gasteiger partial charge in [-0.25, -0.2) is 0 Å². The maximum Gasteiger partial charge on any atom is 0.188 e. The number of rotatable bonds is 0. The molecular weight excluding hydrogens is 172 g/mol. The molecule has 0 bridgehead atoms. The van der Waals surface area contributed by atoms with Crippen molar-refractivity contribution in [1.29, 1.82) is 0 Å². The Bertz CT molecular complexity index is 473. The highest BCUT2D eigenvalue weighted by molar-refractivity contribution is 7.16. The Labute approximate surface area is 72.7 Å². The van der Waals surface area contributed by atoms with Crippen molar-refractivity contribution in [2.45, 2.75) is 0 Å². The van der Waals surface area contributed by atoms with Crippen LogP contribution in [-0.2, 0) is 0 Å². The summed E-state index contributed by atoms with van der Waals surface area (Å²) < 4.78 is 0.903. The fourth-order valence-electron chi connectivity index (χ4n) is 1.07. The van der Waals surface area contributed by atoms with Gasteiger partial charge in [-0.15, -0.1) is 11.3 Å². The summed E-state index contributed by atoms with van der Waals surface area (Å²) in [5, 5.41) is 11.5. The lowest BCUT2D eigenvalue weighted by atomic mass is 10.2. The van der Waals surface area contributed by atoms with Gasteiger partial charge in [-0.1, -0.05) is 0 Å². The number of hydrogen-bond acceptors (Lipinski definition) is 3. The summed E-state index contributed by atoms with van der Waals surface area (Å²) in [6.07, 6.45) is 0. The SMILES string of the molecule is O=c1ccsc2ccc(O)cc12. The Balaban J connectivity index is 2.98. The van der Waals surface area contributed by atoms with Gasteiger partial charge < -0.3 is 5.11 Å². The third-order valence-corrected chi connectivity index (χ3v) is 2.53. The Kier molecular flexibility index (Phi) is 1.59. The van der Waals surface area contributed by atoms with Gasteiger partial charge in [-0.05, 0) is 29.6 Å². The van der Waals surface area contributed by atoms with Crippen molar-refractivity contribution in [2.75, 3.05) is 0 Å². The predicted octanol–water partition coefficient (Wildman–Crippen LogP) is 1.97. The minimum atomic E-state index is -0.0420. The van der Waals surface area contributed by atoms with Gasteiger partial charge >= 0.3 is 0 Å². The van der Waals surface area contributed by atoms with Crippen LogP contribution >= 0.6 is 11.3 Å². The van der Waals surface area contributed by atoms with Crippen molar-refractivity contribution in [3.63, 3.8) is 0 Å². The van der Waals surface area contributed by atoms with Crippen LogP contribution in [0.5, 0.6) is 5.75 Å². The molecule has 0 saturated heterocycles. The first kappa shape index (κ1) is 7.31. The minimum Gasteiger partial charge on any atom is -0.508 e. The molecule has 1 N–H and O–H groups in total. The quantitative estimate of drug-likeness (QED) is 0.669. The summed E-state index contributed by atoms with van der Waals surface area (Å²) in [7, 11) is 0. The average Bonchev–Trinajstić information content (AvgIpc) is 2.07. The maximum atomic E-state index is 11.2. The van der Waals surface area contributed by atoms with E-state index in [1.165, 1.54) is 23.5 Å². The maximum absolute atomic E-state index is 11.2. The fourth-order valence-corrected chi connectivity index (χ4v) is 1.84. The van der Waals surface area contributed by atoms with Crippen LogP contribution in [0, 0.1) is 0 Å². The van der Waals surface area contributed by atoms with Crippen LogP contribution in [0.15, 0.2) is 34.4 Å². The van der Waals surface area contributed by atoms with Gasteiger partial charge in [0.15, 0.2) is 5.43 Å². The zero-order chi connectivity index (χ0) is 8.55. The van der Waals surface area contributed by atoms with Crippen molar-refractivity contribution in [3.8, 4) is 5.75 Å². The monoisotopic (exact) mass is 178 g/mol. The highest BCUT2D eigenvalue weighted by Gasteiger charge is 1.97. The molecule has 0 saturated carbocycles. The molecule has 0 aliphatic rings. The molecule has 0 radical (unpaired) electrons. The highest BCUT2D eigenvalue weighted by Crippen LogP contribution is 2.19. The molecule has 3 heteroatoms. The second-order valence-electron chi connectivity index (χ2n) is 2.47. The second-order valence-corrected chi connectivity index (χ2v) is 3.41. The van der Waals surface area contributed by atoms with E-state index in [-0.39, 0.29) is 11.2 Å². The molecule has 1 aromatic carbocycles. The number of phenolic OH excluding ortho intramolecular Hbond substituents is 1. The normalized spacial score (nSPS) is 10.3. The Morgan fingerprint density at radius 3 is 2.92 bits per heavy atom. The van der Waals surface area contributed by atoms with Gasteiger partial charge in [0.25, 0.3) is 0 Å². The lowest BCUT2D eigenvalue weighted by Gasteiger charge is -1.94. The number of hydrogen-bond donors (Lipinski definition) is 1. The van der Waals surface area contributed by atoms with Gasteiger partial charge in [0, 0.05) is 10.1 Å². The Morgan fingerprint density at radius 1 is 1.25 bits per heavy atom. The van der Waals surface area contributed by atoms with Crippen molar-refractivity contribution in [2.24, 2.45) is 0 Å². The summed E-state index contributed by atoms with van der Waals surface area (Å²) in [5.41, 5.74) is -0.0420. The minimum absolute atomic E-state index is 0.0420. The van der Waals surface area contributed by atoms with E-state index >= 15 is 0 Å².